The van der Waals surface area contributed by atoms with Crippen molar-refractivity contribution in [3.05, 3.63) is 35.7 Å². The number of hydrogen-bond donors (Lipinski definition) is 2. The van der Waals surface area contributed by atoms with Crippen molar-refractivity contribution in [1.29, 1.82) is 0 Å². The zero-order chi connectivity index (χ0) is 19.9. The van der Waals surface area contributed by atoms with Gasteiger partial charge in [0.1, 0.15) is 5.82 Å². The van der Waals surface area contributed by atoms with Crippen molar-refractivity contribution in [1.82, 2.24) is 20.1 Å². The van der Waals surface area contributed by atoms with E-state index in [0.29, 0.717) is 23.8 Å². The fourth-order valence-electron chi connectivity index (χ4n) is 3.59. The van der Waals surface area contributed by atoms with Crippen LogP contribution in [0.5, 0.6) is 0 Å². The molecule has 2 aromatic rings. The van der Waals surface area contributed by atoms with Gasteiger partial charge in [0.15, 0.2) is 10.9 Å². The Hall–Kier alpha value is -2.35. The first-order chi connectivity index (χ1) is 13.6. The van der Waals surface area contributed by atoms with E-state index in [0.717, 1.165) is 23.8 Å². The number of rotatable bonds is 8. The molecule has 0 spiro atoms. The van der Waals surface area contributed by atoms with E-state index in [-0.39, 0.29) is 11.8 Å². The molecule has 2 amide bonds. The lowest BCUT2D eigenvalue weighted by Gasteiger charge is -2.16. The third kappa shape index (κ3) is 5.13. The average molecular weight is 402 g/mol. The van der Waals surface area contributed by atoms with E-state index < -0.39 is 0 Å². The molecule has 7 nitrogen and oxygen atoms in total. The van der Waals surface area contributed by atoms with Gasteiger partial charge in [0, 0.05) is 30.3 Å². The number of urea groups is 1. The Kier molecular flexibility index (Phi) is 7.08. The van der Waals surface area contributed by atoms with Crippen molar-refractivity contribution in [2.45, 2.75) is 56.6 Å². The molecule has 0 saturated heterocycles. The SMILES string of the molecule is CSc1nnc(CCCNC(=O)Nc2cccc(C(C)=O)c2)n1C1CCCC1. The van der Waals surface area contributed by atoms with Crippen LogP contribution in [0, 0.1) is 0 Å². The Morgan fingerprint density at radius 1 is 1.25 bits per heavy atom. The molecule has 0 unspecified atom stereocenters. The highest BCUT2D eigenvalue weighted by molar-refractivity contribution is 7.98. The summed E-state index contributed by atoms with van der Waals surface area (Å²) in [5.41, 5.74) is 1.18. The van der Waals surface area contributed by atoms with Crippen LogP contribution in [0.1, 0.15) is 61.3 Å². The van der Waals surface area contributed by atoms with Gasteiger partial charge in [0.2, 0.25) is 0 Å². The minimum absolute atomic E-state index is 0.0277. The second-order valence-corrected chi connectivity index (χ2v) is 7.81. The standard InChI is InChI=1S/C20H27N5O2S/c1-14(26)15-7-5-8-16(13-15)22-19(27)21-12-6-11-18-23-24-20(28-2)25(18)17-9-3-4-10-17/h5,7-8,13,17H,3-4,6,9-12H2,1-2H3,(H2,21,22,27). The second kappa shape index (κ2) is 9.73. The molecular weight excluding hydrogens is 374 g/mol. The highest BCUT2D eigenvalue weighted by Crippen LogP contribution is 2.33. The Labute approximate surface area is 169 Å². The number of carbonyl (C=O) groups is 2. The monoisotopic (exact) mass is 401 g/mol. The first-order valence-electron chi connectivity index (χ1n) is 9.72. The lowest BCUT2D eigenvalue weighted by atomic mass is 10.1. The molecule has 1 saturated carbocycles. The second-order valence-electron chi connectivity index (χ2n) is 7.03. The molecule has 1 aliphatic carbocycles. The molecule has 2 N–H and O–H groups in total. The molecule has 8 heteroatoms. The van der Waals surface area contributed by atoms with E-state index in [9.17, 15) is 9.59 Å². The quantitative estimate of drug-likeness (QED) is 0.395. The molecule has 1 heterocycles. The number of ketones is 1. The fraction of sp³-hybridized carbons (Fsp3) is 0.500. The number of aromatic nitrogens is 3. The summed E-state index contributed by atoms with van der Waals surface area (Å²) < 4.78 is 2.30. The maximum Gasteiger partial charge on any atom is 0.319 e. The highest BCUT2D eigenvalue weighted by atomic mass is 32.2. The van der Waals surface area contributed by atoms with Gasteiger partial charge in [0.05, 0.1) is 0 Å². The Morgan fingerprint density at radius 3 is 2.75 bits per heavy atom. The van der Waals surface area contributed by atoms with Gasteiger partial charge in [-0.25, -0.2) is 4.79 Å². The zero-order valence-electron chi connectivity index (χ0n) is 16.4. The number of nitrogens with one attached hydrogen (secondary N) is 2. The van der Waals surface area contributed by atoms with E-state index in [1.54, 1.807) is 36.0 Å². The lowest BCUT2D eigenvalue weighted by molar-refractivity contribution is 0.101. The number of anilines is 1. The van der Waals surface area contributed by atoms with Crippen molar-refractivity contribution in [2.24, 2.45) is 0 Å². The molecule has 28 heavy (non-hydrogen) atoms. The Morgan fingerprint density at radius 2 is 2.04 bits per heavy atom. The topological polar surface area (TPSA) is 88.9 Å². The van der Waals surface area contributed by atoms with Crippen LogP contribution >= 0.6 is 11.8 Å². The molecule has 1 aromatic carbocycles. The smallest absolute Gasteiger partial charge is 0.319 e. The number of hydrogen-bond acceptors (Lipinski definition) is 5. The zero-order valence-corrected chi connectivity index (χ0v) is 17.2. The molecule has 1 fully saturated rings. The summed E-state index contributed by atoms with van der Waals surface area (Å²) in [5.74, 6) is 0.979. The summed E-state index contributed by atoms with van der Waals surface area (Å²) in [4.78, 5) is 23.5. The van der Waals surface area contributed by atoms with Crippen LogP contribution in [0.25, 0.3) is 0 Å². The van der Waals surface area contributed by atoms with Crippen LogP contribution < -0.4 is 10.6 Å². The molecule has 1 aliphatic rings. The number of carbonyl (C=O) groups excluding carboxylic acids is 2. The van der Waals surface area contributed by atoms with E-state index in [1.807, 2.05) is 6.26 Å². The molecule has 150 valence electrons. The predicted molar refractivity (Wildman–Crippen MR) is 111 cm³/mol. The minimum Gasteiger partial charge on any atom is -0.338 e. The number of Topliss-reactive ketones (excluding diaryl/α,β-unsaturated/α-hetero) is 1. The Balaban J connectivity index is 1.48. The first-order valence-corrected chi connectivity index (χ1v) is 10.9. The number of nitrogens with zero attached hydrogens (tertiary/aromatic N) is 3. The highest BCUT2D eigenvalue weighted by Gasteiger charge is 2.23. The van der Waals surface area contributed by atoms with Crippen molar-refractivity contribution in [3.8, 4) is 0 Å². The molecule has 0 bridgehead atoms. The molecule has 1 aromatic heterocycles. The molecule has 0 atom stereocenters. The van der Waals surface area contributed by atoms with Crippen LogP contribution in [0.3, 0.4) is 0 Å². The number of thioether (sulfide) groups is 1. The normalized spacial score (nSPS) is 14.2. The van der Waals surface area contributed by atoms with Gasteiger partial charge >= 0.3 is 6.03 Å². The van der Waals surface area contributed by atoms with Crippen molar-refractivity contribution < 1.29 is 9.59 Å². The van der Waals surface area contributed by atoms with Gasteiger partial charge in [-0.15, -0.1) is 10.2 Å². The van der Waals surface area contributed by atoms with Crippen LogP contribution in [-0.4, -0.2) is 39.4 Å². The van der Waals surface area contributed by atoms with Crippen LogP contribution in [0.15, 0.2) is 29.4 Å². The van der Waals surface area contributed by atoms with Crippen LogP contribution in [-0.2, 0) is 6.42 Å². The third-order valence-electron chi connectivity index (χ3n) is 5.00. The number of benzene rings is 1. The van der Waals surface area contributed by atoms with Crippen molar-refractivity contribution >= 4 is 29.3 Å². The minimum atomic E-state index is -0.275. The van der Waals surface area contributed by atoms with Crippen LogP contribution in [0.2, 0.25) is 0 Å². The maximum atomic E-state index is 12.1. The summed E-state index contributed by atoms with van der Waals surface area (Å²) in [5, 5.41) is 15.3. The maximum absolute atomic E-state index is 12.1. The lowest BCUT2D eigenvalue weighted by Crippen LogP contribution is -2.30. The number of amides is 2. The van der Waals surface area contributed by atoms with E-state index in [1.165, 1.54) is 32.6 Å². The molecular formula is C20H27N5O2S. The summed E-state index contributed by atoms with van der Waals surface area (Å²) in [6.07, 6.45) is 8.53. The summed E-state index contributed by atoms with van der Waals surface area (Å²) in [6, 6.07) is 7.16. The van der Waals surface area contributed by atoms with Gasteiger partial charge in [-0.1, -0.05) is 36.7 Å². The molecule has 0 aliphatic heterocycles. The van der Waals surface area contributed by atoms with Gasteiger partial charge < -0.3 is 15.2 Å². The largest absolute Gasteiger partial charge is 0.338 e. The van der Waals surface area contributed by atoms with Gasteiger partial charge in [-0.3, -0.25) is 4.79 Å². The summed E-state index contributed by atoms with van der Waals surface area (Å²) >= 11 is 1.64. The predicted octanol–water partition coefficient (Wildman–Crippen LogP) is 4.07. The van der Waals surface area contributed by atoms with E-state index >= 15 is 0 Å². The fourth-order valence-corrected chi connectivity index (χ4v) is 4.16. The van der Waals surface area contributed by atoms with E-state index in [4.69, 9.17) is 0 Å². The van der Waals surface area contributed by atoms with Gasteiger partial charge in [-0.05, 0) is 44.6 Å². The summed E-state index contributed by atoms with van der Waals surface area (Å²) in [6.45, 7) is 2.05. The third-order valence-corrected chi connectivity index (χ3v) is 5.64. The number of aryl methyl sites for hydroxylation is 1. The summed E-state index contributed by atoms with van der Waals surface area (Å²) in [7, 11) is 0. The average Bonchev–Trinajstić information content (AvgIpc) is 3.34. The van der Waals surface area contributed by atoms with Crippen molar-refractivity contribution in [3.63, 3.8) is 0 Å². The van der Waals surface area contributed by atoms with E-state index in [2.05, 4.69) is 25.4 Å². The first kappa shape index (κ1) is 20.4. The van der Waals surface area contributed by atoms with Gasteiger partial charge in [-0.2, -0.15) is 0 Å². The van der Waals surface area contributed by atoms with Gasteiger partial charge in [0.25, 0.3) is 0 Å². The van der Waals surface area contributed by atoms with Crippen LogP contribution in [0.4, 0.5) is 10.5 Å². The molecule has 0 radical (unpaired) electrons. The Bertz CT molecular complexity index is 830. The van der Waals surface area contributed by atoms with Crippen molar-refractivity contribution in [2.75, 3.05) is 18.1 Å². The molecule has 3 rings (SSSR count).